The maximum atomic E-state index is 3.67. The van der Waals surface area contributed by atoms with Gasteiger partial charge in [0.05, 0.1) is 0 Å². The summed E-state index contributed by atoms with van der Waals surface area (Å²) < 4.78 is 0. The zero-order chi connectivity index (χ0) is 9.80. The van der Waals surface area contributed by atoms with Gasteiger partial charge in [-0.2, -0.15) is 0 Å². The molecule has 1 aromatic rings. The van der Waals surface area contributed by atoms with Crippen LogP contribution in [0, 0.1) is 0 Å². The van der Waals surface area contributed by atoms with Crippen molar-refractivity contribution < 1.29 is 0 Å². The summed E-state index contributed by atoms with van der Waals surface area (Å²) in [5.74, 6) is 0. The Bertz CT molecular complexity index is 258. The van der Waals surface area contributed by atoms with Gasteiger partial charge in [-0.1, -0.05) is 6.07 Å². The van der Waals surface area contributed by atoms with Crippen LogP contribution in [0.15, 0.2) is 17.5 Å². The lowest BCUT2D eigenvalue weighted by Crippen LogP contribution is -2.43. The van der Waals surface area contributed by atoms with Gasteiger partial charge in [0, 0.05) is 23.5 Å². The Kier molecular flexibility index (Phi) is 5.61. The first kappa shape index (κ1) is 13.0. The molecule has 2 rings (SSSR count). The van der Waals surface area contributed by atoms with E-state index in [2.05, 4.69) is 35.1 Å². The first-order chi connectivity index (χ1) is 6.86. The van der Waals surface area contributed by atoms with Crippen LogP contribution in [0.5, 0.6) is 0 Å². The van der Waals surface area contributed by atoms with Crippen molar-refractivity contribution in [1.29, 1.82) is 0 Å². The van der Waals surface area contributed by atoms with E-state index >= 15 is 0 Å². The third kappa shape index (κ3) is 3.76. The van der Waals surface area contributed by atoms with Crippen LogP contribution in [0.4, 0.5) is 0 Å². The average Bonchev–Trinajstić information content (AvgIpc) is 2.72. The third-order valence-corrected chi connectivity index (χ3v) is 3.81. The van der Waals surface area contributed by atoms with E-state index in [1.807, 2.05) is 11.3 Å². The predicted octanol–water partition coefficient (Wildman–Crippen LogP) is 2.57. The van der Waals surface area contributed by atoms with Crippen molar-refractivity contribution in [3.8, 4) is 0 Å². The SMILES string of the molecule is CC(N[C@@H]1CCCNC1)c1cccs1.Cl. The molecule has 1 aromatic heterocycles. The van der Waals surface area contributed by atoms with E-state index in [1.54, 1.807) is 0 Å². The molecule has 0 amide bonds. The first-order valence-corrected chi connectivity index (χ1v) is 6.24. The third-order valence-electron chi connectivity index (χ3n) is 2.75. The molecule has 2 heterocycles. The van der Waals surface area contributed by atoms with Crippen molar-refractivity contribution in [3.63, 3.8) is 0 Å². The Hall–Kier alpha value is -0.0900. The van der Waals surface area contributed by atoms with Gasteiger partial charge in [0.1, 0.15) is 0 Å². The van der Waals surface area contributed by atoms with Crippen molar-refractivity contribution in [2.75, 3.05) is 13.1 Å². The highest BCUT2D eigenvalue weighted by molar-refractivity contribution is 7.10. The second-order valence-electron chi connectivity index (χ2n) is 3.95. The van der Waals surface area contributed by atoms with Gasteiger partial charge >= 0.3 is 0 Å². The molecule has 15 heavy (non-hydrogen) atoms. The van der Waals surface area contributed by atoms with E-state index in [9.17, 15) is 0 Å². The van der Waals surface area contributed by atoms with Crippen molar-refractivity contribution in [2.24, 2.45) is 0 Å². The second kappa shape index (κ2) is 6.48. The van der Waals surface area contributed by atoms with Gasteiger partial charge in [-0.15, -0.1) is 23.7 Å². The molecule has 0 bridgehead atoms. The highest BCUT2D eigenvalue weighted by Crippen LogP contribution is 2.19. The van der Waals surface area contributed by atoms with Crippen LogP contribution in [0.2, 0.25) is 0 Å². The molecule has 2 N–H and O–H groups in total. The summed E-state index contributed by atoms with van der Waals surface area (Å²) in [4.78, 5) is 1.44. The van der Waals surface area contributed by atoms with Crippen LogP contribution in [0.25, 0.3) is 0 Å². The van der Waals surface area contributed by atoms with Gasteiger partial charge in [-0.3, -0.25) is 0 Å². The molecular weight excluding hydrogens is 228 g/mol. The quantitative estimate of drug-likeness (QED) is 0.857. The monoisotopic (exact) mass is 246 g/mol. The van der Waals surface area contributed by atoms with Crippen molar-refractivity contribution >= 4 is 23.7 Å². The normalized spacial score (nSPS) is 23.1. The van der Waals surface area contributed by atoms with E-state index in [4.69, 9.17) is 0 Å². The molecule has 1 saturated heterocycles. The van der Waals surface area contributed by atoms with E-state index in [0.717, 1.165) is 6.54 Å². The Labute approximate surface area is 102 Å². The minimum Gasteiger partial charge on any atom is -0.315 e. The number of piperidine rings is 1. The van der Waals surface area contributed by atoms with Crippen molar-refractivity contribution in [3.05, 3.63) is 22.4 Å². The molecule has 1 fully saturated rings. The fourth-order valence-corrected chi connectivity index (χ4v) is 2.71. The Morgan fingerprint density at radius 1 is 1.60 bits per heavy atom. The topological polar surface area (TPSA) is 24.1 Å². The summed E-state index contributed by atoms with van der Waals surface area (Å²) >= 11 is 1.84. The van der Waals surface area contributed by atoms with E-state index in [1.165, 1.54) is 24.3 Å². The van der Waals surface area contributed by atoms with Gasteiger partial charge in [0.2, 0.25) is 0 Å². The van der Waals surface area contributed by atoms with Crippen LogP contribution in [0.3, 0.4) is 0 Å². The Morgan fingerprint density at radius 3 is 3.07 bits per heavy atom. The van der Waals surface area contributed by atoms with Gasteiger partial charge in [0.15, 0.2) is 0 Å². The molecular formula is C11H19ClN2S. The zero-order valence-electron chi connectivity index (χ0n) is 9.03. The number of hydrogen-bond acceptors (Lipinski definition) is 3. The van der Waals surface area contributed by atoms with E-state index in [-0.39, 0.29) is 12.4 Å². The van der Waals surface area contributed by atoms with Gasteiger partial charge in [-0.05, 0) is 37.8 Å². The minimum absolute atomic E-state index is 0. The second-order valence-corrected chi connectivity index (χ2v) is 4.93. The average molecular weight is 247 g/mol. The number of rotatable bonds is 3. The maximum absolute atomic E-state index is 3.67. The van der Waals surface area contributed by atoms with Crippen LogP contribution < -0.4 is 10.6 Å². The standard InChI is InChI=1S/C11H18N2S.ClH/c1-9(11-5-3-7-14-11)13-10-4-2-6-12-8-10;/h3,5,7,9-10,12-13H,2,4,6,8H2,1H3;1H/t9?,10-;/m1./s1. The largest absolute Gasteiger partial charge is 0.315 e. The summed E-state index contributed by atoms with van der Waals surface area (Å²) in [7, 11) is 0. The van der Waals surface area contributed by atoms with E-state index < -0.39 is 0 Å². The molecule has 0 radical (unpaired) electrons. The smallest absolute Gasteiger partial charge is 0.0388 e. The lowest BCUT2D eigenvalue weighted by atomic mass is 10.1. The van der Waals surface area contributed by atoms with Crippen molar-refractivity contribution in [1.82, 2.24) is 10.6 Å². The predicted molar refractivity (Wildman–Crippen MR) is 69.0 cm³/mol. The zero-order valence-corrected chi connectivity index (χ0v) is 10.7. The lowest BCUT2D eigenvalue weighted by Gasteiger charge is -2.26. The molecule has 1 aliphatic heterocycles. The molecule has 0 saturated carbocycles. The van der Waals surface area contributed by atoms with Gasteiger partial charge < -0.3 is 10.6 Å². The molecule has 4 heteroatoms. The molecule has 0 spiro atoms. The number of halogens is 1. The molecule has 0 aromatic carbocycles. The fraction of sp³-hybridized carbons (Fsp3) is 0.636. The summed E-state index contributed by atoms with van der Waals surface area (Å²) in [6.07, 6.45) is 2.61. The summed E-state index contributed by atoms with van der Waals surface area (Å²) in [5.41, 5.74) is 0. The first-order valence-electron chi connectivity index (χ1n) is 5.36. The minimum atomic E-state index is 0. The maximum Gasteiger partial charge on any atom is 0.0388 e. The highest BCUT2D eigenvalue weighted by atomic mass is 35.5. The fourth-order valence-electron chi connectivity index (χ4n) is 1.97. The number of nitrogens with one attached hydrogen (secondary N) is 2. The van der Waals surface area contributed by atoms with Crippen LogP contribution in [0.1, 0.15) is 30.7 Å². The highest BCUT2D eigenvalue weighted by Gasteiger charge is 2.15. The van der Waals surface area contributed by atoms with Crippen molar-refractivity contribution in [2.45, 2.75) is 31.8 Å². The van der Waals surface area contributed by atoms with Gasteiger partial charge in [-0.25, -0.2) is 0 Å². The summed E-state index contributed by atoms with van der Waals surface area (Å²) in [6, 6.07) is 5.48. The lowest BCUT2D eigenvalue weighted by molar-refractivity contribution is 0.364. The van der Waals surface area contributed by atoms with Crippen LogP contribution in [-0.2, 0) is 0 Å². The summed E-state index contributed by atoms with van der Waals surface area (Å²) in [5, 5.41) is 9.24. The summed E-state index contributed by atoms with van der Waals surface area (Å²) in [6.45, 7) is 4.56. The Morgan fingerprint density at radius 2 is 2.47 bits per heavy atom. The molecule has 1 unspecified atom stereocenters. The molecule has 86 valence electrons. The van der Waals surface area contributed by atoms with Gasteiger partial charge in [0.25, 0.3) is 0 Å². The number of thiophene rings is 1. The Balaban J connectivity index is 0.00000112. The van der Waals surface area contributed by atoms with Crippen LogP contribution >= 0.6 is 23.7 Å². The van der Waals surface area contributed by atoms with Crippen LogP contribution in [-0.4, -0.2) is 19.1 Å². The number of hydrogen-bond donors (Lipinski definition) is 2. The van der Waals surface area contributed by atoms with E-state index in [0.29, 0.717) is 12.1 Å². The molecule has 0 aliphatic carbocycles. The molecule has 2 nitrogen and oxygen atoms in total. The molecule has 2 atom stereocenters. The molecule has 1 aliphatic rings.